The minimum atomic E-state index is -3.65. The van der Waals surface area contributed by atoms with E-state index >= 15 is 0 Å². The van der Waals surface area contributed by atoms with Gasteiger partial charge in [-0.05, 0) is 37.6 Å². The summed E-state index contributed by atoms with van der Waals surface area (Å²) in [6.45, 7) is 3.84. The van der Waals surface area contributed by atoms with Gasteiger partial charge >= 0.3 is 0 Å². The lowest BCUT2D eigenvalue weighted by Gasteiger charge is -2.09. The molecule has 24 heavy (non-hydrogen) atoms. The van der Waals surface area contributed by atoms with Crippen molar-refractivity contribution in [3.8, 4) is 5.75 Å². The van der Waals surface area contributed by atoms with E-state index in [1.54, 1.807) is 18.2 Å². The number of furan rings is 1. The average Bonchev–Trinajstić information content (AvgIpc) is 3.02. The first-order valence-electron chi connectivity index (χ1n) is 7.62. The number of para-hydroxylation sites is 1. The Kier molecular flexibility index (Phi) is 5.66. The van der Waals surface area contributed by atoms with E-state index in [0.717, 1.165) is 6.42 Å². The Morgan fingerprint density at radius 3 is 2.62 bits per heavy atom. The molecule has 0 saturated heterocycles. The van der Waals surface area contributed by atoms with Gasteiger partial charge in [0.2, 0.25) is 0 Å². The molecule has 1 aromatic heterocycles. The summed E-state index contributed by atoms with van der Waals surface area (Å²) in [6, 6.07) is 9.38. The van der Waals surface area contributed by atoms with Crippen LogP contribution in [0.2, 0.25) is 0 Å². The van der Waals surface area contributed by atoms with E-state index < -0.39 is 9.84 Å². The number of carbonyl (C=O) groups is 1. The van der Waals surface area contributed by atoms with Crippen LogP contribution in [0.15, 0.2) is 45.7 Å². The van der Waals surface area contributed by atoms with Gasteiger partial charge in [-0.1, -0.05) is 19.1 Å². The lowest BCUT2D eigenvalue weighted by molar-refractivity contribution is 0.0909. The SMILES string of the molecule is CC[C@H](C)NC(=O)c1ccc(CS(=O)(=O)c2ccccc2OC)o1. The van der Waals surface area contributed by atoms with Gasteiger partial charge in [0.1, 0.15) is 22.2 Å². The molecular weight excluding hydrogens is 330 g/mol. The summed E-state index contributed by atoms with van der Waals surface area (Å²) in [5.41, 5.74) is 0. The van der Waals surface area contributed by atoms with Crippen LogP contribution in [0.25, 0.3) is 0 Å². The standard InChI is InChI=1S/C17H21NO5S/c1-4-12(2)18-17(19)15-10-9-13(23-15)11-24(20,21)16-8-6-5-7-14(16)22-3/h5-10,12H,4,11H2,1-3H3,(H,18,19)/t12-/m0/s1. The highest BCUT2D eigenvalue weighted by Gasteiger charge is 2.22. The van der Waals surface area contributed by atoms with Crippen molar-refractivity contribution < 1.29 is 22.4 Å². The van der Waals surface area contributed by atoms with Gasteiger partial charge in [0.25, 0.3) is 5.91 Å². The second-order valence-corrected chi connectivity index (χ2v) is 7.42. The number of amides is 1. The fourth-order valence-corrected chi connectivity index (χ4v) is 3.54. The van der Waals surface area contributed by atoms with Crippen molar-refractivity contribution in [3.05, 3.63) is 47.9 Å². The number of hydrogen-bond acceptors (Lipinski definition) is 5. The third kappa shape index (κ3) is 4.17. The smallest absolute Gasteiger partial charge is 0.287 e. The van der Waals surface area contributed by atoms with Gasteiger partial charge in [-0.25, -0.2) is 8.42 Å². The van der Waals surface area contributed by atoms with Crippen molar-refractivity contribution in [1.82, 2.24) is 5.32 Å². The Morgan fingerprint density at radius 1 is 1.25 bits per heavy atom. The zero-order valence-electron chi connectivity index (χ0n) is 13.9. The Balaban J connectivity index is 2.18. The molecule has 7 heteroatoms. The second kappa shape index (κ2) is 7.53. The third-order valence-electron chi connectivity index (χ3n) is 3.61. The van der Waals surface area contributed by atoms with Crippen LogP contribution in [0, 0.1) is 0 Å². The molecule has 1 atom stereocenters. The number of sulfone groups is 1. The van der Waals surface area contributed by atoms with E-state index in [4.69, 9.17) is 9.15 Å². The number of ether oxygens (including phenoxy) is 1. The van der Waals surface area contributed by atoms with Crippen LogP contribution in [0.4, 0.5) is 0 Å². The van der Waals surface area contributed by atoms with Crippen LogP contribution in [0.5, 0.6) is 5.75 Å². The summed E-state index contributed by atoms with van der Waals surface area (Å²) < 4.78 is 35.6. The maximum Gasteiger partial charge on any atom is 0.287 e. The van der Waals surface area contributed by atoms with E-state index in [0.29, 0.717) is 0 Å². The maximum atomic E-state index is 12.5. The molecule has 0 radical (unpaired) electrons. The summed E-state index contributed by atoms with van der Waals surface area (Å²) in [4.78, 5) is 12.1. The molecule has 0 fully saturated rings. The molecule has 2 rings (SSSR count). The van der Waals surface area contributed by atoms with E-state index in [-0.39, 0.29) is 39.9 Å². The van der Waals surface area contributed by atoms with Crippen molar-refractivity contribution in [2.75, 3.05) is 7.11 Å². The average molecular weight is 351 g/mol. The summed E-state index contributed by atoms with van der Waals surface area (Å²) in [6.07, 6.45) is 0.793. The van der Waals surface area contributed by atoms with Gasteiger partial charge in [-0.3, -0.25) is 4.79 Å². The summed E-state index contributed by atoms with van der Waals surface area (Å²) in [5, 5.41) is 2.77. The monoisotopic (exact) mass is 351 g/mol. The minimum absolute atomic E-state index is 0.0170. The fourth-order valence-electron chi connectivity index (χ4n) is 2.12. The molecule has 1 amide bonds. The highest BCUT2D eigenvalue weighted by molar-refractivity contribution is 7.90. The van der Waals surface area contributed by atoms with Gasteiger partial charge in [0.15, 0.2) is 15.6 Å². The predicted octanol–water partition coefficient (Wildman–Crippen LogP) is 2.79. The van der Waals surface area contributed by atoms with Crippen molar-refractivity contribution in [3.63, 3.8) is 0 Å². The zero-order chi connectivity index (χ0) is 17.7. The maximum absolute atomic E-state index is 12.5. The Bertz CT molecular complexity index is 810. The summed E-state index contributed by atoms with van der Waals surface area (Å²) >= 11 is 0. The first kappa shape index (κ1) is 18.1. The number of nitrogens with one attached hydrogen (secondary N) is 1. The Hall–Kier alpha value is -2.28. The van der Waals surface area contributed by atoms with E-state index in [1.807, 2.05) is 13.8 Å². The first-order chi connectivity index (χ1) is 11.4. The Labute approximate surface area is 141 Å². The zero-order valence-corrected chi connectivity index (χ0v) is 14.7. The highest BCUT2D eigenvalue weighted by atomic mass is 32.2. The van der Waals surface area contributed by atoms with E-state index in [1.165, 1.54) is 25.3 Å². The van der Waals surface area contributed by atoms with Crippen LogP contribution in [-0.4, -0.2) is 27.5 Å². The molecule has 1 N–H and O–H groups in total. The molecular formula is C17H21NO5S. The van der Waals surface area contributed by atoms with Crippen molar-refractivity contribution in [1.29, 1.82) is 0 Å². The molecule has 1 heterocycles. The lowest BCUT2D eigenvalue weighted by atomic mass is 10.2. The highest BCUT2D eigenvalue weighted by Crippen LogP contribution is 2.26. The van der Waals surface area contributed by atoms with Crippen molar-refractivity contribution in [2.45, 2.75) is 37.0 Å². The van der Waals surface area contributed by atoms with E-state index in [9.17, 15) is 13.2 Å². The second-order valence-electron chi connectivity index (χ2n) is 5.46. The van der Waals surface area contributed by atoms with Gasteiger partial charge in [0, 0.05) is 6.04 Å². The molecule has 0 spiro atoms. The molecule has 2 aromatic rings. The molecule has 0 aliphatic rings. The number of benzene rings is 1. The Morgan fingerprint density at radius 2 is 1.96 bits per heavy atom. The normalized spacial score (nSPS) is 12.6. The van der Waals surface area contributed by atoms with Crippen molar-refractivity contribution >= 4 is 15.7 Å². The van der Waals surface area contributed by atoms with Gasteiger partial charge in [-0.2, -0.15) is 0 Å². The molecule has 0 saturated carbocycles. The van der Waals surface area contributed by atoms with Crippen LogP contribution in [0.1, 0.15) is 36.6 Å². The van der Waals surface area contributed by atoms with Crippen LogP contribution in [-0.2, 0) is 15.6 Å². The van der Waals surface area contributed by atoms with E-state index in [2.05, 4.69) is 5.32 Å². The number of carbonyl (C=O) groups excluding carboxylic acids is 1. The third-order valence-corrected chi connectivity index (χ3v) is 5.28. The summed E-state index contributed by atoms with van der Waals surface area (Å²) in [5.74, 6) is -0.121. The van der Waals surface area contributed by atoms with Crippen LogP contribution in [0.3, 0.4) is 0 Å². The fraction of sp³-hybridized carbons (Fsp3) is 0.353. The molecule has 0 unspecified atom stereocenters. The molecule has 6 nitrogen and oxygen atoms in total. The number of rotatable bonds is 7. The number of hydrogen-bond donors (Lipinski definition) is 1. The lowest BCUT2D eigenvalue weighted by Crippen LogP contribution is -2.31. The van der Waals surface area contributed by atoms with Gasteiger partial charge in [-0.15, -0.1) is 0 Å². The van der Waals surface area contributed by atoms with Crippen LogP contribution < -0.4 is 10.1 Å². The van der Waals surface area contributed by atoms with Crippen LogP contribution >= 0.6 is 0 Å². The molecule has 1 aromatic carbocycles. The molecule has 0 aliphatic carbocycles. The quantitative estimate of drug-likeness (QED) is 0.829. The topological polar surface area (TPSA) is 85.6 Å². The minimum Gasteiger partial charge on any atom is -0.495 e. The summed E-state index contributed by atoms with van der Waals surface area (Å²) in [7, 11) is -2.23. The largest absolute Gasteiger partial charge is 0.495 e. The molecule has 0 aliphatic heterocycles. The van der Waals surface area contributed by atoms with Gasteiger partial charge in [0.05, 0.1) is 7.11 Å². The molecule has 130 valence electrons. The molecule has 0 bridgehead atoms. The number of methoxy groups -OCH3 is 1. The predicted molar refractivity (Wildman–Crippen MR) is 89.8 cm³/mol. The first-order valence-corrected chi connectivity index (χ1v) is 9.28. The van der Waals surface area contributed by atoms with Gasteiger partial charge < -0.3 is 14.5 Å². The van der Waals surface area contributed by atoms with Crippen molar-refractivity contribution in [2.24, 2.45) is 0 Å².